The number of rotatable bonds is 4. The lowest BCUT2D eigenvalue weighted by Crippen LogP contribution is -2.23. The molecule has 4 nitrogen and oxygen atoms in total. The third-order valence-corrected chi connectivity index (χ3v) is 2.57. The monoisotopic (exact) mass is 225 g/mol. The van der Waals surface area contributed by atoms with Gasteiger partial charge in [0.25, 0.3) is 0 Å². The Morgan fingerprint density at radius 3 is 2.62 bits per heavy atom. The molecule has 0 aromatic rings. The van der Waals surface area contributed by atoms with Crippen LogP contribution in [0.25, 0.3) is 0 Å². The maximum absolute atomic E-state index is 11.4. The molecule has 0 saturated heterocycles. The van der Waals surface area contributed by atoms with E-state index < -0.39 is 0 Å². The zero-order valence-corrected chi connectivity index (χ0v) is 9.97. The van der Waals surface area contributed by atoms with Crippen LogP contribution in [-0.4, -0.2) is 18.5 Å². The lowest BCUT2D eigenvalue weighted by Gasteiger charge is -2.20. The highest BCUT2D eigenvalue weighted by atomic mass is 16.5. The van der Waals surface area contributed by atoms with Gasteiger partial charge in [0.15, 0.2) is 0 Å². The first-order chi connectivity index (χ1) is 7.63. The van der Waals surface area contributed by atoms with Gasteiger partial charge in [-0.15, -0.1) is 0 Å². The van der Waals surface area contributed by atoms with E-state index in [9.17, 15) is 9.59 Å². The van der Waals surface area contributed by atoms with Crippen molar-refractivity contribution in [2.45, 2.75) is 46.0 Å². The standard InChI is InChI=1S/C12H19NO3/c1-3-16-12(15)8-10-6-4-5-7-11(10)13-9(2)14/h3-8H2,1-2H3,(H,13,14). The van der Waals surface area contributed by atoms with Crippen molar-refractivity contribution in [1.82, 2.24) is 5.32 Å². The van der Waals surface area contributed by atoms with E-state index in [1.807, 2.05) is 0 Å². The maximum Gasteiger partial charge on any atom is 0.309 e. The van der Waals surface area contributed by atoms with Crippen LogP contribution in [0, 0.1) is 0 Å². The summed E-state index contributed by atoms with van der Waals surface area (Å²) in [6.07, 6.45) is 4.20. The number of ether oxygens (including phenoxy) is 1. The number of carbonyl (C=O) groups excluding carboxylic acids is 2. The minimum atomic E-state index is -0.206. The van der Waals surface area contributed by atoms with Gasteiger partial charge in [0.05, 0.1) is 13.0 Å². The smallest absolute Gasteiger partial charge is 0.309 e. The van der Waals surface area contributed by atoms with Gasteiger partial charge in [-0.2, -0.15) is 0 Å². The summed E-state index contributed by atoms with van der Waals surface area (Å²) in [5.41, 5.74) is 1.95. The quantitative estimate of drug-likeness (QED) is 0.743. The Hall–Kier alpha value is -1.32. The normalized spacial score (nSPS) is 15.9. The molecule has 1 aliphatic carbocycles. The van der Waals surface area contributed by atoms with Crippen molar-refractivity contribution in [1.29, 1.82) is 0 Å². The van der Waals surface area contributed by atoms with Crippen molar-refractivity contribution in [3.63, 3.8) is 0 Å². The molecule has 0 radical (unpaired) electrons. The number of allylic oxidation sites excluding steroid dienone is 1. The van der Waals surface area contributed by atoms with Gasteiger partial charge in [-0.25, -0.2) is 0 Å². The van der Waals surface area contributed by atoms with E-state index in [4.69, 9.17) is 4.74 Å². The summed E-state index contributed by atoms with van der Waals surface area (Å²) in [6, 6.07) is 0. The number of hydrogen-bond donors (Lipinski definition) is 1. The van der Waals surface area contributed by atoms with Crippen LogP contribution < -0.4 is 5.32 Å². The molecule has 0 saturated carbocycles. The van der Waals surface area contributed by atoms with Crippen LogP contribution in [0.15, 0.2) is 11.3 Å². The van der Waals surface area contributed by atoms with E-state index in [2.05, 4.69) is 5.32 Å². The predicted octanol–water partition coefficient (Wildman–Crippen LogP) is 1.90. The summed E-state index contributed by atoms with van der Waals surface area (Å²) < 4.78 is 4.91. The molecule has 1 rings (SSSR count). The van der Waals surface area contributed by atoms with Gasteiger partial charge in [-0.1, -0.05) is 0 Å². The Morgan fingerprint density at radius 1 is 1.31 bits per heavy atom. The molecule has 0 aliphatic heterocycles. The molecule has 1 amide bonds. The summed E-state index contributed by atoms with van der Waals surface area (Å²) in [5, 5.41) is 2.81. The van der Waals surface area contributed by atoms with Gasteiger partial charge >= 0.3 is 5.97 Å². The number of esters is 1. The van der Waals surface area contributed by atoms with E-state index >= 15 is 0 Å². The molecule has 0 aromatic carbocycles. The average molecular weight is 225 g/mol. The summed E-state index contributed by atoms with van der Waals surface area (Å²) in [5.74, 6) is -0.277. The second-order valence-corrected chi connectivity index (χ2v) is 3.95. The molecule has 0 aromatic heterocycles. The molecule has 0 unspecified atom stereocenters. The third-order valence-electron chi connectivity index (χ3n) is 2.57. The molecule has 0 heterocycles. The van der Waals surface area contributed by atoms with E-state index in [0.717, 1.165) is 37.0 Å². The highest BCUT2D eigenvalue weighted by Gasteiger charge is 2.16. The number of nitrogens with one attached hydrogen (secondary N) is 1. The summed E-state index contributed by atoms with van der Waals surface area (Å²) in [6.45, 7) is 3.69. The van der Waals surface area contributed by atoms with Gasteiger partial charge in [-0.05, 0) is 38.2 Å². The summed E-state index contributed by atoms with van der Waals surface area (Å²) >= 11 is 0. The third kappa shape index (κ3) is 4.04. The van der Waals surface area contributed by atoms with Crippen LogP contribution in [0.2, 0.25) is 0 Å². The topological polar surface area (TPSA) is 55.4 Å². The van der Waals surface area contributed by atoms with E-state index in [1.165, 1.54) is 6.92 Å². The molecule has 0 fully saturated rings. The fourth-order valence-corrected chi connectivity index (χ4v) is 1.91. The largest absolute Gasteiger partial charge is 0.466 e. The molecular weight excluding hydrogens is 206 g/mol. The van der Waals surface area contributed by atoms with Gasteiger partial charge in [0.2, 0.25) is 5.91 Å². The average Bonchev–Trinajstić information content (AvgIpc) is 2.20. The number of carbonyl (C=O) groups is 2. The molecule has 16 heavy (non-hydrogen) atoms. The van der Waals surface area contributed by atoms with Crippen LogP contribution in [-0.2, 0) is 14.3 Å². The first-order valence-electron chi connectivity index (χ1n) is 5.77. The Bertz CT molecular complexity index is 307. The minimum absolute atomic E-state index is 0.0711. The van der Waals surface area contributed by atoms with E-state index in [1.54, 1.807) is 6.92 Å². The van der Waals surface area contributed by atoms with Crippen LogP contribution in [0.5, 0.6) is 0 Å². The molecule has 1 N–H and O–H groups in total. The molecule has 0 atom stereocenters. The van der Waals surface area contributed by atoms with Gasteiger partial charge < -0.3 is 10.1 Å². The first-order valence-corrected chi connectivity index (χ1v) is 5.77. The SMILES string of the molecule is CCOC(=O)CC1=C(NC(C)=O)CCCC1. The van der Waals surface area contributed by atoms with Crippen LogP contribution >= 0.6 is 0 Å². The van der Waals surface area contributed by atoms with E-state index in [0.29, 0.717) is 13.0 Å². The van der Waals surface area contributed by atoms with Crippen molar-refractivity contribution in [3.05, 3.63) is 11.3 Å². The first kappa shape index (κ1) is 12.7. The molecule has 4 heteroatoms. The number of amides is 1. The van der Waals surface area contributed by atoms with Gasteiger partial charge in [0.1, 0.15) is 0 Å². The van der Waals surface area contributed by atoms with Crippen molar-refractivity contribution in [2.24, 2.45) is 0 Å². The zero-order valence-electron chi connectivity index (χ0n) is 9.97. The minimum Gasteiger partial charge on any atom is -0.466 e. The zero-order chi connectivity index (χ0) is 12.0. The Balaban J connectivity index is 2.66. The Labute approximate surface area is 96.0 Å². The highest BCUT2D eigenvalue weighted by molar-refractivity contribution is 5.76. The van der Waals surface area contributed by atoms with Crippen molar-refractivity contribution < 1.29 is 14.3 Å². The molecule has 90 valence electrons. The maximum atomic E-state index is 11.4. The van der Waals surface area contributed by atoms with Gasteiger partial charge in [0, 0.05) is 12.6 Å². The molecule has 1 aliphatic rings. The number of hydrogen-bond acceptors (Lipinski definition) is 3. The van der Waals surface area contributed by atoms with Crippen LogP contribution in [0.3, 0.4) is 0 Å². The fraction of sp³-hybridized carbons (Fsp3) is 0.667. The summed E-state index contributed by atoms with van der Waals surface area (Å²) in [7, 11) is 0. The second kappa shape index (κ2) is 6.30. The van der Waals surface area contributed by atoms with Crippen molar-refractivity contribution in [2.75, 3.05) is 6.61 Å². The lowest BCUT2D eigenvalue weighted by molar-refractivity contribution is -0.142. The van der Waals surface area contributed by atoms with Gasteiger partial charge in [-0.3, -0.25) is 9.59 Å². The van der Waals surface area contributed by atoms with Crippen LogP contribution in [0.1, 0.15) is 46.0 Å². The highest BCUT2D eigenvalue weighted by Crippen LogP contribution is 2.25. The second-order valence-electron chi connectivity index (χ2n) is 3.95. The predicted molar refractivity (Wildman–Crippen MR) is 60.6 cm³/mol. The van der Waals surface area contributed by atoms with Crippen molar-refractivity contribution in [3.8, 4) is 0 Å². The lowest BCUT2D eigenvalue weighted by atomic mass is 9.94. The van der Waals surface area contributed by atoms with Crippen molar-refractivity contribution >= 4 is 11.9 Å². The van der Waals surface area contributed by atoms with E-state index in [-0.39, 0.29) is 11.9 Å². The Morgan fingerprint density at radius 2 is 2.00 bits per heavy atom. The molecule has 0 spiro atoms. The van der Waals surface area contributed by atoms with Crippen LogP contribution in [0.4, 0.5) is 0 Å². The molecular formula is C12H19NO3. The molecule has 0 bridgehead atoms. The Kier molecular flexibility index (Phi) is 5.02. The fourth-order valence-electron chi connectivity index (χ4n) is 1.91. The summed E-state index contributed by atoms with van der Waals surface area (Å²) in [4.78, 5) is 22.4.